The smallest absolute Gasteiger partial charge is 0.252 e. The minimum atomic E-state index is -4.15. The molecule has 1 saturated heterocycles. The third kappa shape index (κ3) is 5.79. The molecule has 192 valence electrons. The molecule has 2 aromatic rings. The van der Waals surface area contributed by atoms with Crippen molar-refractivity contribution in [3.8, 4) is 6.07 Å². The maximum atomic E-state index is 13.8. The Labute approximate surface area is 216 Å². The van der Waals surface area contributed by atoms with Gasteiger partial charge in [0, 0.05) is 19.2 Å². The number of hydrogen-bond acceptors (Lipinski definition) is 6. The topological polar surface area (TPSA) is 128 Å². The summed E-state index contributed by atoms with van der Waals surface area (Å²) in [5.74, 6) is -1.40. The van der Waals surface area contributed by atoms with Crippen molar-refractivity contribution in [3.63, 3.8) is 0 Å². The van der Waals surface area contributed by atoms with Gasteiger partial charge in [0.1, 0.15) is 6.04 Å². The molecule has 1 aliphatic heterocycles. The van der Waals surface area contributed by atoms with Crippen molar-refractivity contribution in [2.24, 2.45) is 0 Å². The third-order valence-electron chi connectivity index (χ3n) is 6.54. The molecule has 0 aromatic heterocycles. The SMILES string of the molecule is CC(=O)Nc1ccc(S(=O)(=O)N(CCC2=CCCCC2)C2CC(=O)N(c3ccc(C#N)cc3)C2=O)cc1. The highest BCUT2D eigenvalue weighted by Crippen LogP contribution is 2.31. The minimum absolute atomic E-state index is 0.0312. The lowest BCUT2D eigenvalue weighted by Crippen LogP contribution is -2.46. The van der Waals surface area contributed by atoms with Crippen LogP contribution in [0.5, 0.6) is 0 Å². The number of allylic oxidation sites excluding steroid dienone is 1. The fourth-order valence-corrected chi connectivity index (χ4v) is 6.26. The first kappa shape index (κ1) is 26.3. The van der Waals surface area contributed by atoms with Gasteiger partial charge >= 0.3 is 0 Å². The zero-order valence-electron chi connectivity index (χ0n) is 20.5. The van der Waals surface area contributed by atoms with Gasteiger partial charge in [-0.1, -0.05) is 11.6 Å². The Hall–Kier alpha value is -3.81. The van der Waals surface area contributed by atoms with E-state index >= 15 is 0 Å². The van der Waals surface area contributed by atoms with E-state index in [0.717, 1.165) is 40.5 Å². The molecule has 9 nitrogen and oxygen atoms in total. The van der Waals surface area contributed by atoms with Gasteiger partial charge in [-0.15, -0.1) is 0 Å². The second kappa shape index (κ2) is 11.1. The highest BCUT2D eigenvalue weighted by Gasteiger charge is 2.46. The Morgan fingerprint density at radius 1 is 1.11 bits per heavy atom. The molecule has 4 rings (SSSR count). The predicted molar refractivity (Wildman–Crippen MR) is 138 cm³/mol. The number of carbonyl (C=O) groups is 3. The summed E-state index contributed by atoms with van der Waals surface area (Å²) in [7, 11) is -4.15. The maximum Gasteiger partial charge on any atom is 0.252 e. The predicted octanol–water partition coefficient (Wildman–Crippen LogP) is 3.73. The van der Waals surface area contributed by atoms with E-state index in [1.165, 1.54) is 55.5 Å². The van der Waals surface area contributed by atoms with Crippen LogP contribution in [0.2, 0.25) is 0 Å². The number of sulfonamides is 1. The lowest BCUT2D eigenvalue weighted by atomic mass is 9.97. The van der Waals surface area contributed by atoms with E-state index < -0.39 is 27.9 Å². The first-order valence-electron chi connectivity index (χ1n) is 12.1. The zero-order valence-corrected chi connectivity index (χ0v) is 21.3. The largest absolute Gasteiger partial charge is 0.326 e. The average Bonchev–Trinajstić information content (AvgIpc) is 3.18. The van der Waals surface area contributed by atoms with E-state index in [-0.39, 0.29) is 23.8 Å². The van der Waals surface area contributed by atoms with E-state index in [1.807, 2.05) is 6.07 Å². The number of rotatable bonds is 8. The van der Waals surface area contributed by atoms with Crippen LogP contribution in [0.25, 0.3) is 0 Å². The highest BCUT2D eigenvalue weighted by atomic mass is 32.2. The number of carbonyl (C=O) groups excluding carboxylic acids is 3. The normalized spacial score (nSPS) is 18.0. The van der Waals surface area contributed by atoms with E-state index in [4.69, 9.17) is 5.26 Å². The van der Waals surface area contributed by atoms with Gasteiger partial charge in [-0.3, -0.25) is 14.4 Å². The Kier molecular flexibility index (Phi) is 7.86. The standard InChI is InChI=1S/C27H28N4O5S/c1-19(32)29-22-9-13-24(14-10-22)37(35,36)30(16-15-20-5-3-2-4-6-20)25-17-26(33)31(27(25)34)23-11-7-21(18-28)8-12-23/h5,7-14,25H,2-4,6,15-17H2,1H3,(H,29,32). The summed E-state index contributed by atoms with van der Waals surface area (Å²) in [5.41, 5.74) is 2.27. The summed E-state index contributed by atoms with van der Waals surface area (Å²) < 4.78 is 28.7. The molecule has 0 radical (unpaired) electrons. The lowest BCUT2D eigenvalue weighted by molar-refractivity contribution is -0.122. The molecule has 1 aliphatic carbocycles. The molecule has 1 N–H and O–H groups in total. The summed E-state index contributed by atoms with van der Waals surface area (Å²) in [5, 5.41) is 11.6. The van der Waals surface area contributed by atoms with Gasteiger partial charge in [-0.2, -0.15) is 9.57 Å². The van der Waals surface area contributed by atoms with Crippen molar-refractivity contribution in [3.05, 3.63) is 65.7 Å². The van der Waals surface area contributed by atoms with Crippen LogP contribution in [0.15, 0.2) is 65.1 Å². The summed E-state index contributed by atoms with van der Waals surface area (Å²) in [6, 6.07) is 12.6. The Balaban J connectivity index is 1.65. The summed E-state index contributed by atoms with van der Waals surface area (Å²) >= 11 is 0. The molecular weight excluding hydrogens is 492 g/mol. The molecule has 37 heavy (non-hydrogen) atoms. The quantitative estimate of drug-likeness (QED) is 0.417. The number of nitrogens with zero attached hydrogens (tertiary/aromatic N) is 3. The maximum absolute atomic E-state index is 13.8. The molecule has 0 spiro atoms. The van der Waals surface area contributed by atoms with Crippen LogP contribution in [-0.2, 0) is 24.4 Å². The monoisotopic (exact) mass is 520 g/mol. The summed E-state index contributed by atoms with van der Waals surface area (Å²) in [4.78, 5) is 38.7. The second-order valence-electron chi connectivity index (χ2n) is 9.13. The number of amides is 3. The van der Waals surface area contributed by atoms with E-state index in [1.54, 1.807) is 0 Å². The molecule has 1 heterocycles. The van der Waals surface area contributed by atoms with Crippen molar-refractivity contribution < 1.29 is 22.8 Å². The Morgan fingerprint density at radius 2 is 1.81 bits per heavy atom. The molecule has 0 saturated carbocycles. The highest BCUT2D eigenvalue weighted by molar-refractivity contribution is 7.89. The number of anilines is 2. The Morgan fingerprint density at radius 3 is 2.41 bits per heavy atom. The van der Waals surface area contributed by atoms with Gasteiger partial charge in [-0.25, -0.2) is 13.3 Å². The molecule has 0 bridgehead atoms. The van der Waals surface area contributed by atoms with Gasteiger partial charge in [0.15, 0.2) is 0 Å². The van der Waals surface area contributed by atoms with Gasteiger partial charge < -0.3 is 5.32 Å². The van der Waals surface area contributed by atoms with Crippen LogP contribution >= 0.6 is 0 Å². The summed E-state index contributed by atoms with van der Waals surface area (Å²) in [6.45, 7) is 1.42. The first-order chi connectivity index (χ1) is 17.7. The molecule has 2 aromatic carbocycles. The van der Waals surface area contributed by atoms with Gasteiger partial charge in [0.25, 0.3) is 5.91 Å². The fourth-order valence-electron chi connectivity index (χ4n) is 4.68. The Bertz CT molecular complexity index is 1380. The van der Waals surface area contributed by atoms with Crippen molar-refractivity contribution >= 4 is 39.1 Å². The number of nitrogens with one attached hydrogen (secondary N) is 1. The number of benzene rings is 2. The molecule has 10 heteroatoms. The van der Waals surface area contributed by atoms with E-state index in [9.17, 15) is 22.8 Å². The van der Waals surface area contributed by atoms with Crippen LogP contribution in [-0.4, -0.2) is 43.0 Å². The zero-order chi connectivity index (χ0) is 26.6. The molecule has 1 unspecified atom stereocenters. The fraction of sp³-hybridized carbons (Fsp3) is 0.333. The molecule has 1 fully saturated rings. The van der Waals surface area contributed by atoms with Crippen molar-refractivity contribution in [1.29, 1.82) is 5.26 Å². The van der Waals surface area contributed by atoms with Crippen molar-refractivity contribution in [1.82, 2.24) is 4.31 Å². The molecule has 1 atom stereocenters. The van der Waals surface area contributed by atoms with Crippen LogP contribution < -0.4 is 10.2 Å². The number of nitriles is 1. The first-order valence-corrected chi connectivity index (χ1v) is 13.6. The van der Waals surface area contributed by atoms with Crippen molar-refractivity contribution in [2.45, 2.75) is 56.4 Å². The van der Waals surface area contributed by atoms with Crippen LogP contribution in [0, 0.1) is 11.3 Å². The molecule has 2 aliphatic rings. The minimum Gasteiger partial charge on any atom is -0.326 e. The number of hydrogen-bond donors (Lipinski definition) is 1. The van der Waals surface area contributed by atoms with Crippen LogP contribution in [0.3, 0.4) is 0 Å². The number of imide groups is 1. The molecule has 3 amide bonds. The van der Waals surface area contributed by atoms with Gasteiger partial charge in [0.2, 0.25) is 21.8 Å². The van der Waals surface area contributed by atoms with Crippen molar-refractivity contribution in [2.75, 3.05) is 16.8 Å². The lowest BCUT2D eigenvalue weighted by Gasteiger charge is -2.28. The van der Waals surface area contributed by atoms with Crippen LogP contribution in [0.4, 0.5) is 11.4 Å². The van der Waals surface area contributed by atoms with Crippen LogP contribution in [0.1, 0.15) is 51.0 Å². The second-order valence-corrected chi connectivity index (χ2v) is 11.0. The molecular formula is C27H28N4O5S. The summed E-state index contributed by atoms with van der Waals surface area (Å²) in [6.07, 6.45) is 6.28. The third-order valence-corrected chi connectivity index (χ3v) is 8.47. The van der Waals surface area contributed by atoms with E-state index in [2.05, 4.69) is 11.4 Å². The van der Waals surface area contributed by atoms with Gasteiger partial charge in [0.05, 0.1) is 28.6 Å². The average molecular weight is 521 g/mol. The van der Waals surface area contributed by atoms with Gasteiger partial charge in [-0.05, 0) is 80.6 Å². The van der Waals surface area contributed by atoms with E-state index in [0.29, 0.717) is 23.4 Å².